The van der Waals surface area contributed by atoms with E-state index in [-0.39, 0.29) is 12.4 Å². The first-order chi connectivity index (χ1) is 10.6. The van der Waals surface area contributed by atoms with Crippen molar-refractivity contribution in [3.05, 3.63) is 59.2 Å². The second-order valence-corrected chi connectivity index (χ2v) is 5.56. The molecule has 0 spiro atoms. The minimum atomic E-state index is -0.602. The molecule has 1 aliphatic carbocycles. The number of halogens is 2. The van der Waals surface area contributed by atoms with Crippen molar-refractivity contribution in [1.82, 2.24) is 0 Å². The van der Waals surface area contributed by atoms with E-state index in [0.717, 1.165) is 35.6 Å². The molecule has 4 heteroatoms. The van der Waals surface area contributed by atoms with Crippen molar-refractivity contribution in [1.29, 1.82) is 0 Å². The van der Waals surface area contributed by atoms with E-state index in [0.29, 0.717) is 11.5 Å². The van der Waals surface area contributed by atoms with Crippen molar-refractivity contribution in [2.45, 2.75) is 25.2 Å². The number of carbonyl (C=O) groups is 1. The monoisotopic (exact) mass is 302 g/mol. The topological polar surface area (TPSA) is 26.3 Å². The highest BCUT2D eigenvalue weighted by molar-refractivity contribution is 5.77. The van der Waals surface area contributed by atoms with Gasteiger partial charge in [-0.05, 0) is 53.1 Å². The third kappa shape index (κ3) is 3.01. The van der Waals surface area contributed by atoms with Gasteiger partial charge in [-0.25, -0.2) is 8.78 Å². The van der Waals surface area contributed by atoms with Crippen LogP contribution in [0.2, 0.25) is 0 Å². The van der Waals surface area contributed by atoms with Gasteiger partial charge in [-0.15, -0.1) is 0 Å². The fourth-order valence-corrected chi connectivity index (χ4v) is 2.81. The molecule has 0 aliphatic heterocycles. The summed E-state index contributed by atoms with van der Waals surface area (Å²) in [4.78, 5) is 11.6. The van der Waals surface area contributed by atoms with E-state index in [4.69, 9.17) is 4.74 Å². The van der Waals surface area contributed by atoms with E-state index >= 15 is 0 Å². The van der Waals surface area contributed by atoms with Crippen molar-refractivity contribution in [2.24, 2.45) is 0 Å². The summed E-state index contributed by atoms with van der Waals surface area (Å²) in [5.74, 6) is -1.17. The summed E-state index contributed by atoms with van der Waals surface area (Å²) in [7, 11) is 1.35. The molecule has 0 aromatic heterocycles. The average Bonchev–Trinajstić information content (AvgIpc) is 3.30. The maximum atomic E-state index is 13.5. The van der Waals surface area contributed by atoms with E-state index in [1.807, 2.05) is 18.2 Å². The first kappa shape index (κ1) is 14.7. The Morgan fingerprint density at radius 1 is 1.18 bits per heavy atom. The molecule has 0 unspecified atom stereocenters. The molecule has 0 radical (unpaired) electrons. The Labute approximate surface area is 127 Å². The van der Waals surface area contributed by atoms with E-state index < -0.39 is 11.6 Å². The van der Waals surface area contributed by atoms with Gasteiger partial charge in [0.2, 0.25) is 0 Å². The third-order valence-electron chi connectivity index (χ3n) is 3.92. The summed E-state index contributed by atoms with van der Waals surface area (Å²) >= 11 is 0. The maximum Gasteiger partial charge on any atom is 0.309 e. The number of rotatable bonds is 4. The van der Waals surface area contributed by atoms with Gasteiger partial charge in [0.25, 0.3) is 0 Å². The second-order valence-electron chi connectivity index (χ2n) is 5.56. The Hall–Kier alpha value is -2.23. The quantitative estimate of drug-likeness (QED) is 0.790. The molecule has 1 fully saturated rings. The molecule has 0 saturated heterocycles. The molecule has 0 bridgehead atoms. The van der Waals surface area contributed by atoms with Crippen molar-refractivity contribution in [3.63, 3.8) is 0 Å². The molecule has 1 aliphatic rings. The summed E-state index contributed by atoms with van der Waals surface area (Å²) in [5, 5.41) is 0. The fraction of sp³-hybridized carbons (Fsp3) is 0.278. The van der Waals surface area contributed by atoms with Crippen LogP contribution in [0.1, 0.15) is 29.9 Å². The molecule has 0 amide bonds. The molecular formula is C18H16F2O2. The standard InChI is InChI=1S/C18H16F2O2/c1-22-17(21)9-12-3-2-4-16(18(12)11-5-6-11)13-7-14(19)10-15(20)8-13/h2-4,7-8,10-11H,5-6,9H2,1H3. The van der Waals surface area contributed by atoms with Gasteiger partial charge in [-0.3, -0.25) is 4.79 Å². The van der Waals surface area contributed by atoms with Gasteiger partial charge in [0.15, 0.2) is 0 Å². The zero-order valence-corrected chi connectivity index (χ0v) is 12.2. The highest BCUT2D eigenvalue weighted by atomic mass is 19.1. The molecule has 22 heavy (non-hydrogen) atoms. The van der Waals surface area contributed by atoms with Crippen LogP contribution in [0.25, 0.3) is 11.1 Å². The van der Waals surface area contributed by atoms with Crippen LogP contribution in [0.15, 0.2) is 36.4 Å². The number of benzene rings is 2. The number of methoxy groups -OCH3 is 1. The average molecular weight is 302 g/mol. The molecule has 2 aromatic carbocycles. The van der Waals surface area contributed by atoms with Crippen LogP contribution >= 0.6 is 0 Å². The predicted molar refractivity (Wildman–Crippen MR) is 79.5 cm³/mol. The molecule has 0 atom stereocenters. The zero-order chi connectivity index (χ0) is 15.7. The van der Waals surface area contributed by atoms with Crippen molar-refractivity contribution < 1.29 is 18.3 Å². The first-order valence-corrected chi connectivity index (χ1v) is 7.23. The Morgan fingerprint density at radius 2 is 1.86 bits per heavy atom. The van der Waals surface area contributed by atoms with Gasteiger partial charge in [0.05, 0.1) is 13.5 Å². The van der Waals surface area contributed by atoms with E-state index in [1.54, 1.807) is 0 Å². The van der Waals surface area contributed by atoms with E-state index in [9.17, 15) is 13.6 Å². The van der Waals surface area contributed by atoms with Crippen molar-refractivity contribution >= 4 is 5.97 Å². The van der Waals surface area contributed by atoms with E-state index in [2.05, 4.69) is 0 Å². The number of hydrogen-bond donors (Lipinski definition) is 0. The van der Waals surface area contributed by atoms with Crippen LogP contribution in [-0.2, 0) is 16.0 Å². The smallest absolute Gasteiger partial charge is 0.309 e. The number of esters is 1. The summed E-state index contributed by atoms with van der Waals surface area (Å²) in [6.07, 6.45) is 2.24. The number of ether oxygens (including phenoxy) is 1. The Bertz CT molecular complexity index is 701. The van der Waals surface area contributed by atoms with Crippen LogP contribution in [0, 0.1) is 11.6 Å². The Kier molecular flexibility index (Phi) is 3.92. The van der Waals surface area contributed by atoms with Crippen LogP contribution in [-0.4, -0.2) is 13.1 Å². The molecular weight excluding hydrogens is 286 g/mol. The molecule has 2 nitrogen and oxygen atoms in total. The van der Waals surface area contributed by atoms with Gasteiger partial charge < -0.3 is 4.74 Å². The van der Waals surface area contributed by atoms with Crippen LogP contribution in [0.3, 0.4) is 0 Å². The molecule has 3 rings (SSSR count). The maximum absolute atomic E-state index is 13.5. The van der Waals surface area contributed by atoms with Crippen LogP contribution in [0.5, 0.6) is 0 Å². The van der Waals surface area contributed by atoms with Crippen LogP contribution in [0.4, 0.5) is 8.78 Å². The lowest BCUT2D eigenvalue weighted by Crippen LogP contribution is -2.07. The van der Waals surface area contributed by atoms with Gasteiger partial charge in [-0.1, -0.05) is 18.2 Å². The zero-order valence-electron chi connectivity index (χ0n) is 12.2. The molecule has 0 N–H and O–H groups in total. The third-order valence-corrected chi connectivity index (χ3v) is 3.92. The fourth-order valence-electron chi connectivity index (χ4n) is 2.81. The summed E-state index contributed by atoms with van der Waals surface area (Å²) in [5.41, 5.74) is 3.18. The van der Waals surface area contributed by atoms with Gasteiger partial charge in [0, 0.05) is 6.07 Å². The van der Waals surface area contributed by atoms with Gasteiger partial charge >= 0.3 is 5.97 Å². The normalized spacial score (nSPS) is 14.0. The predicted octanol–water partition coefficient (Wildman–Crippen LogP) is 4.22. The van der Waals surface area contributed by atoms with Gasteiger partial charge in [0.1, 0.15) is 11.6 Å². The lowest BCUT2D eigenvalue weighted by molar-refractivity contribution is -0.139. The molecule has 114 valence electrons. The highest BCUT2D eigenvalue weighted by Gasteiger charge is 2.29. The minimum Gasteiger partial charge on any atom is -0.469 e. The summed E-state index contributed by atoms with van der Waals surface area (Å²) in [6.45, 7) is 0. The molecule has 2 aromatic rings. The number of carbonyl (C=O) groups excluding carboxylic acids is 1. The molecule has 1 saturated carbocycles. The van der Waals surface area contributed by atoms with Gasteiger partial charge in [-0.2, -0.15) is 0 Å². The van der Waals surface area contributed by atoms with E-state index in [1.165, 1.54) is 19.2 Å². The molecule has 0 heterocycles. The summed E-state index contributed by atoms with van der Waals surface area (Å²) < 4.78 is 31.8. The Morgan fingerprint density at radius 3 is 2.45 bits per heavy atom. The minimum absolute atomic E-state index is 0.175. The lowest BCUT2D eigenvalue weighted by Gasteiger charge is -2.14. The highest BCUT2D eigenvalue weighted by Crippen LogP contribution is 2.46. The number of hydrogen-bond acceptors (Lipinski definition) is 2. The van der Waals surface area contributed by atoms with Crippen LogP contribution < -0.4 is 0 Å². The largest absolute Gasteiger partial charge is 0.469 e. The second kappa shape index (κ2) is 5.87. The lowest BCUT2D eigenvalue weighted by atomic mass is 9.91. The van der Waals surface area contributed by atoms with Crippen molar-refractivity contribution in [2.75, 3.05) is 7.11 Å². The van der Waals surface area contributed by atoms with Crippen molar-refractivity contribution in [3.8, 4) is 11.1 Å². The SMILES string of the molecule is COC(=O)Cc1cccc(-c2cc(F)cc(F)c2)c1C1CC1. The first-order valence-electron chi connectivity index (χ1n) is 7.23. The Balaban J connectivity index is 2.10. The summed E-state index contributed by atoms with van der Waals surface area (Å²) in [6, 6.07) is 9.05.